The number of aliphatic hydroxyl groups is 2. The molecule has 0 heterocycles. The molecule has 0 amide bonds. The summed E-state index contributed by atoms with van der Waals surface area (Å²) in [5.74, 6) is -2.22. The van der Waals surface area contributed by atoms with Gasteiger partial charge < -0.3 is 20.4 Å². The van der Waals surface area contributed by atoms with Crippen molar-refractivity contribution in [2.24, 2.45) is 11.8 Å². The number of rotatable bonds is 3. The van der Waals surface area contributed by atoms with E-state index < -0.39 is 11.9 Å². The molecule has 94 valence electrons. The van der Waals surface area contributed by atoms with Gasteiger partial charge in [0.25, 0.3) is 0 Å². The monoisotopic (exact) mass is 234 g/mol. The van der Waals surface area contributed by atoms with Gasteiger partial charge in [0.1, 0.15) is 0 Å². The topological polar surface area (TPSA) is 115 Å². The molecule has 0 radical (unpaired) electrons. The standard InChI is InChI=1S/C8H12O4.C2H6O2/c9-7(10)5-1-2-6(4-3-5)8(11)12;3-1-2-4/h5-6H,1-4H2,(H,9,10)(H,11,12);3-4H,1-2H2. The molecule has 4 N–H and O–H groups in total. The third-order valence-electron chi connectivity index (χ3n) is 2.53. The molecule has 1 fully saturated rings. The highest BCUT2D eigenvalue weighted by Gasteiger charge is 2.29. The van der Waals surface area contributed by atoms with Crippen molar-refractivity contribution in [2.75, 3.05) is 13.2 Å². The first-order chi connectivity index (χ1) is 7.52. The van der Waals surface area contributed by atoms with Crippen LogP contribution in [0.2, 0.25) is 0 Å². The van der Waals surface area contributed by atoms with Crippen LogP contribution in [-0.4, -0.2) is 45.6 Å². The van der Waals surface area contributed by atoms with Gasteiger partial charge in [0, 0.05) is 0 Å². The zero-order chi connectivity index (χ0) is 12.6. The molecule has 0 aliphatic heterocycles. The Bertz CT molecular complexity index is 195. The molecule has 0 aromatic carbocycles. The van der Waals surface area contributed by atoms with Crippen LogP contribution in [0.1, 0.15) is 25.7 Å². The van der Waals surface area contributed by atoms with Gasteiger partial charge >= 0.3 is 11.9 Å². The number of carboxylic acids is 2. The summed E-state index contributed by atoms with van der Waals surface area (Å²) in [6.07, 6.45) is 2.03. The smallest absolute Gasteiger partial charge is 0.306 e. The highest BCUT2D eigenvalue weighted by atomic mass is 16.4. The number of hydrogen-bond acceptors (Lipinski definition) is 4. The largest absolute Gasteiger partial charge is 0.481 e. The van der Waals surface area contributed by atoms with Crippen molar-refractivity contribution in [1.82, 2.24) is 0 Å². The summed E-state index contributed by atoms with van der Waals surface area (Å²) in [5.41, 5.74) is 0. The van der Waals surface area contributed by atoms with Crippen LogP contribution in [0.4, 0.5) is 0 Å². The fourth-order valence-corrected chi connectivity index (χ4v) is 1.59. The number of carboxylic acid groups (broad SMARTS) is 2. The molecule has 0 aromatic rings. The maximum atomic E-state index is 10.5. The van der Waals surface area contributed by atoms with E-state index in [1.807, 2.05) is 0 Å². The molecule has 0 aromatic heterocycles. The second-order valence-electron chi connectivity index (χ2n) is 3.67. The van der Waals surface area contributed by atoms with Gasteiger partial charge in [-0.1, -0.05) is 0 Å². The first kappa shape index (κ1) is 14.9. The predicted molar refractivity (Wildman–Crippen MR) is 54.9 cm³/mol. The number of aliphatic carboxylic acids is 2. The molecule has 1 rings (SSSR count). The molecular formula is C10H18O6. The average Bonchev–Trinajstić information content (AvgIpc) is 2.29. The summed E-state index contributed by atoms with van der Waals surface area (Å²) in [6.45, 7) is -0.250. The van der Waals surface area contributed by atoms with Crippen molar-refractivity contribution in [3.05, 3.63) is 0 Å². The van der Waals surface area contributed by atoms with Gasteiger partial charge in [0.15, 0.2) is 0 Å². The van der Waals surface area contributed by atoms with Gasteiger partial charge in [0.2, 0.25) is 0 Å². The van der Waals surface area contributed by atoms with Gasteiger partial charge in [-0.3, -0.25) is 9.59 Å². The fraction of sp³-hybridized carbons (Fsp3) is 0.800. The lowest BCUT2D eigenvalue weighted by molar-refractivity contribution is -0.148. The van der Waals surface area contributed by atoms with Crippen molar-refractivity contribution >= 4 is 11.9 Å². The van der Waals surface area contributed by atoms with Crippen LogP contribution in [0, 0.1) is 11.8 Å². The van der Waals surface area contributed by atoms with Crippen LogP contribution in [0.5, 0.6) is 0 Å². The minimum Gasteiger partial charge on any atom is -0.481 e. The Morgan fingerprint density at radius 3 is 1.19 bits per heavy atom. The lowest BCUT2D eigenvalue weighted by atomic mass is 9.82. The molecule has 1 saturated carbocycles. The molecule has 0 bridgehead atoms. The van der Waals surface area contributed by atoms with Crippen LogP contribution in [0.15, 0.2) is 0 Å². The lowest BCUT2D eigenvalue weighted by Crippen LogP contribution is -2.25. The molecule has 1 aliphatic rings. The summed E-state index contributed by atoms with van der Waals surface area (Å²) in [5, 5.41) is 32.5. The minimum atomic E-state index is -0.793. The normalized spacial score (nSPS) is 24.1. The first-order valence-corrected chi connectivity index (χ1v) is 5.20. The SMILES string of the molecule is O=C(O)C1CCC(C(=O)O)CC1.OCCO. The molecule has 1 aliphatic carbocycles. The van der Waals surface area contributed by atoms with Crippen LogP contribution >= 0.6 is 0 Å². The van der Waals surface area contributed by atoms with Gasteiger partial charge in [-0.05, 0) is 25.7 Å². The van der Waals surface area contributed by atoms with Gasteiger partial charge in [-0.25, -0.2) is 0 Å². The molecule has 0 unspecified atom stereocenters. The Morgan fingerprint density at radius 1 is 0.812 bits per heavy atom. The Balaban J connectivity index is 0.000000487. The fourth-order valence-electron chi connectivity index (χ4n) is 1.59. The lowest BCUT2D eigenvalue weighted by Gasteiger charge is -2.22. The zero-order valence-electron chi connectivity index (χ0n) is 9.00. The van der Waals surface area contributed by atoms with Crippen LogP contribution in [0.25, 0.3) is 0 Å². The van der Waals surface area contributed by atoms with Crippen molar-refractivity contribution in [2.45, 2.75) is 25.7 Å². The third kappa shape index (κ3) is 5.67. The van der Waals surface area contributed by atoms with E-state index in [1.165, 1.54) is 0 Å². The number of aliphatic hydroxyl groups excluding tert-OH is 2. The molecule has 0 saturated heterocycles. The van der Waals surface area contributed by atoms with E-state index in [4.69, 9.17) is 20.4 Å². The van der Waals surface area contributed by atoms with Crippen LogP contribution in [0.3, 0.4) is 0 Å². The summed E-state index contributed by atoms with van der Waals surface area (Å²) in [4.78, 5) is 21.0. The van der Waals surface area contributed by atoms with Crippen LogP contribution < -0.4 is 0 Å². The summed E-state index contributed by atoms with van der Waals surface area (Å²) in [7, 11) is 0. The quantitative estimate of drug-likeness (QED) is 0.543. The first-order valence-electron chi connectivity index (χ1n) is 5.20. The highest BCUT2D eigenvalue weighted by molar-refractivity contribution is 5.72. The van der Waals surface area contributed by atoms with Crippen molar-refractivity contribution in [3.63, 3.8) is 0 Å². The summed E-state index contributed by atoms with van der Waals surface area (Å²) < 4.78 is 0. The van der Waals surface area contributed by atoms with E-state index in [2.05, 4.69) is 0 Å². The van der Waals surface area contributed by atoms with Crippen LogP contribution in [-0.2, 0) is 9.59 Å². The second-order valence-corrected chi connectivity index (χ2v) is 3.67. The molecule has 0 spiro atoms. The van der Waals surface area contributed by atoms with E-state index in [-0.39, 0.29) is 25.0 Å². The highest BCUT2D eigenvalue weighted by Crippen LogP contribution is 2.28. The average molecular weight is 234 g/mol. The zero-order valence-corrected chi connectivity index (χ0v) is 9.00. The minimum absolute atomic E-state index is 0.125. The van der Waals surface area contributed by atoms with E-state index in [9.17, 15) is 9.59 Å². The molecule has 6 heteroatoms. The number of carbonyl (C=O) groups is 2. The second kappa shape index (κ2) is 8.06. The van der Waals surface area contributed by atoms with Gasteiger partial charge in [0.05, 0.1) is 25.0 Å². The van der Waals surface area contributed by atoms with Crippen molar-refractivity contribution in [3.8, 4) is 0 Å². The van der Waals surface area contributed by atoms with Crippen molar-refractivity contribution in [1.29, 1.82) is 0 Å². The van der Waals surface area contributed by atoms with E-state index in [0.29, 0.717) is 25.7 Å². The summed E-state index contributed by atoms with van der Waals surface area (Å²) in [6, 6.07) is 0. The van der Waals surface area contributed by atoms with E-state index in [0.717, 1.165) is 0 Å². The Kier molecular flexibility index (Phi) is 7.49. The van der Waals surface area contributed by atoms with Gasteiger partial charge in [-0.15, -0.1) is 0 Å². The van der Waals surface area contributed by atoms with Gasteiger partial charge in [-0.2, -0.15) is 0 Å². The van der Waals surface area contributed by atoms with Crippen molar-refractivity contribution < 1.29 is 30.0 Å². The van der Waals surface area contributed by atoms with E-state index >= 15 is 0 Å². The maximum absolute atomic E-state index is 10.5. The Hall–Kier alpha value is -1.14. The molecule has 0 atom stereocenters. The molecular weight excluding hydrogens is 216 g/mol. The number of hydrogen-bond donors (Lipinski definition) is 4. The molecule has 16 heavy (non-hydrogen) atoms. The maximum Gasteiger partial charge on any atom is 0.306 e. The summed E-state index contributed by atoms with van der Waals surface area (Å²) >= 11 is 0. The Morgan fingerprint density at radius 2 is 1.06 bits per heavy atom. The Labute approximate surface area is 93.5 Å². The predicted octanol–water partition coefficient (Wildman–Crippen LogP) is -0.0670. The third-order valence-corrected chi connectivity index (χ3v) is 2.53. The van der Waals surface area contributed by atoms with E-state index in [1.54, 1.807) is 0 Å². The molecule has 6 nitrogen and oxygen atoms in total.